The molecule has 0 fully saturated rings. The summed E-state index contributed by atoms with van der Waals surface area (Å²) >= 11 is 6.25. The molecule has 29 heavy (non-hydrogen) atoms. The Morgan fingerprint density at radius 1 is 0.897 bits per heavy atom. The van der Waals surface area contributed by atoms with Crippen molar-refractivity contribution >= 4 is 29.2 Å². The Bertz CT molecular complexity index is 889. The van der Waals surface area contributed by atoms with Crippen LogP contribution in [0.4, 0.5) is 5.69 Å². The first-order valence-corrected chi connectivity index (χ1v) is 8.93. The Kier molecular flexibility index (Phi) is 7.55. The summed E-state index contributed by atoms with van der Waals surface area (Å²) in [6, 6.07) is 5.84. The van der Waals surface area contributed by atoms with Gasteiger partial charge >= 0.3 is 5.97 Å². The molecule has 0 bridgehead atoms. The average Bonchev–Trinajstić information content (AvgIpc) is 2.73. The molecule has 0 aliphatic heterocycles. The molecule has 2 rings (SSSR count). The summed E-state index contributed by atoms with van der Waals surface area (Å²) in [6.45, 7) is 1.90. The van der Waals surface area contributed by atoms with Crippen LogP contribution in [-0.2, 0) is 4.74 Å². The minimum atomic E-state index is -0.575. The number of rotatable bonds is 8. The lowest BCUT2D eigenvalue weighted by Gasteiger charge is -2.15. The molecule has 1 N–H and O–H groups in total. The van der Waals surface area contributed by atoms with E-state index in [-0.39, 0.29) is 34.2 Å². The highest BCUT2D eigenvalue weighted by molar-refractivity contribution is 6.34. The maximum absolute atomic E-state index is 12.8. The number of ether oxygens (including phenoxy) is 5. The first-order chi connectivity index (χ1) is 13.9. The molecule has 0 unspecified atom stereocenters. The number of nitrogens with one attached hydrogen (secondary N) is 1. The van der Waals surface area contributed by atoms with Gasteiger partial charge in [-0.05, 0) is 25.1 Å². The monoisotopic (exact) mass is 423 g/mol. The maximum Gasteiger partial charge on any atom is 0.341 e. The lowest BCUT2D eigenvalue weighted by atomic mass is 10.1. The van der Waals surface area contributed by atoms with Gasteiger partial charge in [0.2, 0.25) is 5.75 Å². The highest BCUT2D eigenvalue weighted by Gasteiger charge is 2.20. The summed E-state index contributed by atoms with van der Waals surface area (Å²) in [6.07, 6.45) is 0. The predicted octanol–water partition coefficient (Wildman–Crippen LogP) is 3.80. The van der Waals surface area contributed by atoms with Crippen molar-refractivity contribution in [3.8, 4) is 23.0 Å². The number of esters is 1. The van der Waals surface area contributed by atoms with E-state index < -0.39 is 11.9 Å². The van der Waals surface area contributed by atoms with Crippen LogP contribution in [-0.4, -0.2) is 46.9 Å². The maximum atomic E-state index is 12.8. The number of anilines is 1. The molecule has 0 heterocycles. The van der Waals surface area contributed by atoms with Crippen molar-refractivity contribution in [1.82, 2.24) is 0 Å². The molecule has 9 heteroatoms. The second-order valence-electron chi connectivity index (χ2n) is 5.62. The number of hydrogen-bond donors (Lipinski definition) is 1. The molecule has 0 aliphatic rings. The molecular weight excluding hydrogens is 402 g/mol. The van der Waals surface area contributed by atoms with Gasteiger partial charge in [-0.2, -0.15) is 0 Å². The Labute approximate surface area is 173 Å². The fourth-order valence-electron chi connectivity index (χ4n) is 2.59. The topological polar surface area (TPSA) is 92.3 Å². The Morgan fingerprint density at radius 3 is 1.97 bits per heavy atom. The molecule has 0 spiro atoms. The second kappa shape index (κ2) is 9.88. The highest BCUT2D eigenvalue weighted by atomic mass is 35.5. The number of hydrogen-bond acceptors (Lipinski definition) is 7. The fraction of sp³-hybridized carbons (Fsp3) is 0.300. The first-order valence-electron chi connectivity index (χ1n) is 8.56. The normalized spacial score (nSPS) is 10.1. The molecule has 2 aromatic rings. The molecule has 1 amide bonds. The van der Waals surface area contributed by atoms with Crippen molar-refractivity contribution in [2.45, 2.75) is 6.92 Å². The van der Waals surface area contributed by atoms with E-state index in [4.69, 9.17) is 35.3 Å². The summed E-state index contributed by atoms with van der Waals surface area (Å²) in [5, 5.41) is 2.83. The van der Waals surface area contributed by atoms with Crippen LogP contribution in [0.15, 0.2) is 24.3 Å². The third kappa shape index (κ3) is 4.83. The van der Waals surface area contributed by atoms with Gasteiger partial charge in [-0.1, -0.05) is 11.6 Å². The molecule has 2 aromatic carbocycles. The third-order valence-corrected chi connectivity index (χ3v) is 4.27. The lowest BCUT2D eigenvalue weighted by molar-refractivity contribution is 0.0522. The number of carbonyl (C=O) groups excluding carboxylic acids is 2. The van der Waals surface area contributed by atoms with Crippen LogP contribution in [0.5, 0.6) is 23.0 Å². The number of benzene rings is 2. The first kappa shape index (κ1) is 22.2. The van der Waals surface area contributed by atoms with Crippen molar-refractivity contribution in [3.05, 3.63) is 40.4 Å². The molecule has 0 saturated heterocycles. The molecule has 0 radical (unpaired) electrons. The van der Waals surface area contributed by atoms with E-state index in [1.807, 2.05) is 0 Å². The van der Waals surface area contributed by atoms with Crippen molar-refractivity contribution in [3.63, 3.8) is 0 Å². The van der Waals surface area contributed by atoms with Gasteiger partial charge in [-0.3, -0.25) is 4.79 Å². The molecule has 0 atom stereocenters. The summed E-state index contributed by atoms with van der Waals surface area (Å²) in [4.78, 5) is 24.8. The van der Waals surface area contributed by atoms with Crippen LogP contribution in [0.2, 0.25) is 5.02 Å². The van der Waals surface area contributed by atoms with Crippen LogP contribution in [0.3, 0.4) is 0 Å². The van der Waals surface area contributed by atoms with Crippen LogP contribution in [0, 0.1) is 0 Å². The van der Waals surface area contributed by atoms with Crippen LogP contribution >= 0.6 is 11.6 Å². The Morgan fingerprint density at radius 2 is 1.48 bits per heavy atom. The van der Waals surface area contributed by atoms with Gasteiger partial charge in [-0.15, -0.1) is 0 Å². The largest absolute Gasteiger partial charge is 0.496 e. The molecule has 0 aliphatic carbocycles. The molecule has 0 aromatic heterocycles. The number of carbonyl (C=O) groups is 2. The summed E-state index contributed by atoms with van der Waals surface area (Å²) in [7, 11) is 5.78. The average molecular weight is 424 g/mol. The minimum Gasteiger partial charge on any atom is -0.496 e. The van der Waals surface area contributed by atoms with Crippen molar-refractivity contribution in [1.29, 1.82) is 0 Å². The molecule has 8 nitrogen and oxygen atoms in total. The van der Waals surface area contributed by atoms with E-state index in [1.165, 1.54) is 52.7 Å². The lowest BCUT2D eigenvalue weighted by Crippen LogP contribution is -2.14. The van der Waals surface area contributed by atoms with Crippen molar-refractivity contribution in [2.24, 2.45) is 0 Å². The van der Waals surface area contributed by atoms with Gasteiger partial charge in [0.15, 0.2) is 11.5 Å². The number of methoxy groups -OCH3 is 4. The zero-order chi connectivity index (χ0) is 21.6. The zero-order valence-corrected chi connectivity index (χ0v) is 17.5. The smallest absolute Gasteiger partial charge is 0.341 e. The van der Waals surface area contributed by atoms with Gasteiger partial charge in [0.25, 0.3) is 5.91 Å². The van der Waals surface area contributed by atoms with Crippen LogP contribution < -0.4 is 24.3 Å². The van der Waals surface area contributed by atoms with Gasteiger partial charge in [-0.25, -0.2) is 4.79 Å². The summed E-state index contributed by atoms with van der Waals surface area (Å²) in [5.74, 6) is 0.195. The quantitative estimate of drug-likeness (QED) is 0.645. The molecular formula is C20H22ClNO7. The van der Waals surface area contributed by atoms with E-state index in [1.54, 1.807) is 6.92 Å². The predicted molar refractivity (Wildman–Crippen MR) is 108 cm³/mol. The second-order valence-corrected chi connectivity index (χ2v) is 6.03. The fourth-order valence-corrected chi connectivity index (χ4v) is 2.80. The number of halogens is 1. The van der Waals surface area contributed by atoms with Gasteiger partial charge in [0, 0.05) is 11.6 Å². The third-order valence-electron chi connectivity index (χ3n) is 3.96. The Balaban J connectivity index is 2.39. The SMILES string of the molecule is CCOC(=O)c1cc(Cl)c(NC(=O)c2cc(OC)c(OC)c(OC)c2)cc1OC. The Hall–Kier alpha value is -3.13. The highest BCUT2D eigenvalue weighted by Crippen LogP contribution is 2.39. The number of amides is 1. The van der Waals surface area contributed by atoms with Crippen LogP contribution in [0.1, 0.15) is 27.6 Å². The summed E-state index contributed by atoms with van der Waals surface area (Å²) < 4.78 is 26.0. The van der Waals surface area contributed by atoms with E-state index in [9.17, 15) is 9.59 Å². The summed E-state index contributed by atoms with van der Waals surface area (Å²) in [5.41, 5.74) is 0.671. The van der Waals surface area contributed by atoms with Crippen molar-refractivity contribution < 1.29 is 33.3 Å². The van der Waals surface area contributed by atoms with E-state index in [0.29, 0.717) is 17.2 Å². The van der Waals surface area contributed by atoms with Gasteiger partial charge in [0.1, 0.15) is 11.3 Å². The van der Waals surface area contributed by atoms with Gasteiger partial charge in [0.05, 0.1) is 45.8 Å². The van der Waals surface area contributed by atoms with Gasteiger partial charge < -0.3 is 29.0 Å². The van der Waals surface area contributed by atoms with E-state index in [0.717, 1.165) is 0 Å². The standard InChI is InChI=1S/C20H22ClNO7/c1-6-29-20(24)12-9-13(21)14(10-15(12)25-2)22-19(23)11-7-16(26-3)18(28-5)17(8-11)27-4/h7-10H,6H2,1-5H3,(H,22,23). The minimum absolute atomic E-state index is 0.148. The zero-order valence-electron chi connectivity index (χ0n) is 16.8. The van der Waals surface area contributed by atoms with E-state index >= 15 is 0 Å². The van der Waals surface area contributed by atoms with E-state index in [2.05, 4.69) is 5.32 Å². The van der Waals surface area contributed by atoms with Crippen molar-refractivity contribution in [2.75, 3.05) is 40.4 Å². The van der Waals surface area contributed by atoms with Crippen LogP contribution in [0.25, 0.3) is 0 Å². The molecule has 156 valence electrons. The molecule has 0 saturated carbocycles.